The van der Waals surface area contributed by atoms with Crippen LogP contribution in [0.4, 0.5) is 0 Å². The average molecular weight is 260 g/mol. The van der Waals surface area contributed by atoms with Crippen molar-refractivity contribution in [2.75, 3.05) is 14.2 Å². The lowest BCUT2D eigenvalue weighted by atomic mass is 10.1. The average Bonchev–Trinajstić information content (AvgIpc) is 2.46. The van der Waals surface area contributed by atoms with Gasteiger partial charge >= 0.3 is 5.97 Å². The summed E-state index contributed by atoms with van der Waals surface area (Å²) in [7, 11) is 3.06. The van der Waals surface area contributed by atoms with Gasteiger partial charge in [-0.25, -0.2) is 14.8 Å². The number of aromatic nitrogens is 2. The molecule has 19 heavy (non-hydrogen) atoms. The van der Waals surface area contributed by atoms with Gasteiger partial charge in [-0.3, -0.25) is 0 Å². The Morgan fingerprint density at radius 1 is 1.21 bits per heavy atom. The second-order valence-corrected chi connectivity index (χ2v) is 3.64. The van der Waals surface area contributed by atoms with Crippen LogP contribution in [0.25, 0.3) is 11.4 Å². The zero-order chi connectivity index (χ0) is 13.8. The van der Waals surface area contributed by atoms with E-state index in [9.17, 15) is 4.79 Å². The maximum Gasteiger partial charge on any atom is 0.354 e. The molecule has 2 rings (SSSR count). The van der Waals surface area contributed by atoms with Gasteiger partial charge in [0.1, 0.15) is 11.5 Å². The molecule has 1 heterocycles. The second kappa shape index (κ2) is 5.34. The number of carboxylic acids is 1. The molecule has 0 spiro atoms. The molecule has 0 aliphatic carbocycles. The van der Waals surface area contributed by atoms with E-state index in [1.54, 1.807) is 25.3 Å². The maximum atomic E-state index is 10.9. The first-order valence-electron chi connectivity index (χ1n) is 5.44. The Bertz CT molecular complexity index is 613. The van der Waals surface area contributed by atoms with Gasteiger partial charge in [0.05, 0.1) is 19.8 Å². The van der Waals surface area contributed by atoms with Crippen LogP contribution in [-0.2, 0) is 0 Å². The highest BCUT2D eigenvalue weighted by atomic mass is 16.5. The van der Waals surface area contributed by atoms with E-state index in [4.69, 9.17) is 14.6 Å². The summed E-state index contributed by atoms with van der Waals surface area (Å²) in [4.78, 5) is 18.9. The van der Waals surface area contributed by atoms with E-state index in [-0.39, 0.29) is 5.69 Å². The third-order valence-electron chi connectivity index (χ3n) is 2.52. The van der Waals surface area contributed by atoms with Crippen LogP contribution in [0.15, 0.2) is 30.5 Å². The molecule has 0 bridgehead atoms. The lowest BCUT2D eigenvalue weighted by molar-refractivity contribution is 0.0690. The monoisotopic (exact) mass is 260 g/mol. The number of rotatable bonds is 4. The summed E-state index contributed by atoms with van der Waals surface area (Å²) in [6, 6.07) is 6.47. The number of benzene rings is 1. The molecule has 0 atom stereocenters. The van der Waals surface area contributed by atoms with Crippen molar-refractivity contribution < 1.29 is 19.4 Å². The summed E-state index contributed by atoms with van der Waals surface area (Å²) in [5.41, 5.74) is 0.536. The van der Waals surface area contributed by atoms with Gasteiger partial charge in [-0.05, 0) is 18.2 Å². The largest absolute Gasteiger partial charge is 0.497 e. The second-order valence-electron chi connectivity index (χ2n) is 3.64. The highest BCUT2D eigenvalue weighted by Gasteiger charge is 2.12. The van der Waals surface area contributed by atoms with Crippen LogP contribution >= 0.6 is 0 Å². The zero-order valence-electron chi connectivity index (χ0n) is 10.5. The van der Waals surface area contributed by atoms with E-state index in [0.717, 1.165) is 0 Å². The summed E-state index contributed by atoms with van der Waals surface area (Å²) in [5, 5.41) is 8.92. The first kappa shape index (κ1) is 12.8. The molecule has 0 aliphatic rings. The van der Waals surface area contributed by atoms with Gasteiger partial charge in [0, 0.05) is 12.3 Å². The summed E-state index contributed by atoms with van der Waals surface area (Å²) in [6.45, 7) is 0. The van der Waals surface area contributed by atoms with Crippen LogP contribution in [0.2, 0.25) is 0 Å². The van der Waals surface area contributed by atoms with Crippen molar-refractivity contribution in [3.05, 3.63) is 36.2 Å². The van der Waals surface area contributed by atoms with E-state index < -0.39 is 5.97 Å². The molecule has 0 radical (unpaired) electrons. The highest BCUT2D eigenvalue weighted by molar-refractivity contribution is 5.85. The van der Waals surface area contributed by atoms with Crippen molar-refractivity contribution in [1.29, 1.82) is 0 Å². The molecule has 1 aromatic carbocycles. The van der Waals surface area contributed by atoms with Gasteiger partial charge < -0.3 is 14.6 Å². The predicted octanol–water partition coefficient (Wildman–Crippen LogP) is 1.86. The van der Waals surface area contributed by atoms with E-state index in [0.29, 0.717) is 22.9 Å². The Kier molecular flexibility index (Phi) is 3.61. The fourth-order valence-electron chi connectivity index (χ4n) is 1.59. The molecule has 0 saturated carbocycles. The van der Waals surface area contributed by atoms with E-state index in [1.165, 1.54) is 19.4 Å². The SMILES string of the molecule is COc1ccc(-c2nccc(C(=O)O)n2)c(OC)c1. The first-order valence-corrected chi connectivity index (χ1v) is 5.44. The minimum absolute atomic E-state index is 0.0668. The number of carboxylic acid groups (broad SMARTS) is 1. The normalized spacial score (nSPS) is 10.0. The van der Waals surface area contributed by atoms with Crippen LogP contribution in [-0.4, -0.2) is 35.3 Å². The molecule has 1 N–H and O–H groups in total. The zero-order valence-corrected chi connectivity index (χ0v) is 10.5. The van der Waals surface area contributed by atoms with Gasteiger partial charge in [-0.1, -0.05) is 0 Å². The van der Waals surface area contributed by atoms with Gasteiger partial charge in [0.2, 0.25) is 0 Å². The smallest absolute Gasteiger partial charge is 0.354 e. The van der Waals surface area contributed by atoms with Crippen LogP contribution in [0.3, 0.4) is 0 Å². The van der Waals surface area contributed by atoms with E-state index in [1.807, 2.05) is 0 Å². The Balaban J connectivity index is 2.52. The third-order valence-corrected chi connectivity index (χ3v) is 2.52. The Morgan fingerprint density at radius 2 is 2.00 bits per heavy atom. The van der Waals surface area contributed by atoms with Crippen molar-refractivity contribution in [1.82, 2.24) is 9.97 Å². The van der Waals surface area contributed by atoms with Gasteiger partial charge in [-0.15, -0.1) is 0 Å². The summed E-state index contributed by atoms with van der Waals surface area (Å²) >= 11 is 0. The number of hydrogen-bond donors (Lipinski definition) is 1. The summed E-state index contributed by atoms with van der Waals surface area (Å²) in [6.07, 6.45) is 1.40. The predicted molar refractivity (Wildman–Crippen MR) is 67.5 cm³/mol. The number of nitrogens with zero attached hydrogens (tertiary/aromatic N) is 2. The minimum atomic E-state index is -1.10. The van der Waals surface area contributed by atoms with E-state index in [2.05, 4.69) is 9.97 Å². The van der Waals surface area contributed by atoms with Crippen molar-refractivity contribution >= 4 is 5.97 Å². The molecule has 6 heteroatoms. The number of carbonyl (C=O) groups is 1. The van der Waals surface area contributed by atoms with Crippen LogP contribution in [0.1, 0.15) is 10.5 Å². The fourth-order valence-corrected chi connectivity index (χ4v) is 1.59. The van der Waals surface area contributed by atoms with E-state index >= 15 is 0 Å². The third kappa shape index (κ3) is 2.62. The number of ether oxygens (including phenoxy) is 2. The van der Waals surface area contributed by atoms with Crippen LogP contribution < -0.4 is 9.47 Å². The topological polar surface area (TPSA) is 81.5 Å². The molecule has 0 unspecified atom stereocenters. The highest BCUT2D eigenvalue weighted by Crippen LogP contribution is 2.31. The Morgan fingerprint density at radius 3 is 2.63 bits per heavy atom. The molecule has 6 nitrogen and oxygen atoms in total. The molecule has 1 aromatic heterocycles. The molecular weight excluding hydrogens is 248 g/mol. The molecule has 0 amide bonds. The van der Waals surface area contributed by atoms with Gasteiger partial charge in [0.25, 0.3) is 0 Å². The molecule has 0 fully saturated rings. The summed E-state index contributed by atoms with van der Waals surface area (Å²) in [5.74, 6) is 0.340. The number of aromatic carboxylic acids is 1. The minimum Gasteiger partial charge on any atom is -0.497 e. The molecule has 0 aliphatic heterocycles. The van der Waals surface area contributed by atoms with Gasteiger partial charge in [0.15, 0.2) is 11.5 Å². The Labute approximate surface area is 109 Å². The summed E-state index contributed by atoms with van der Waals surface area (Å²) < 4.78 is 10.3. The quantitative estimate of drug-likeness (QED) is 0.903. The van der Waals surface area contributed by atoms with Crippen molar-refractivity contribution in [2.45, 2.75) is 0 Å². The van der Waals surface area contributed by atoms with Crippen LogP contribution in [0, 0.1) is 0 Å². The maximum absolute atomic E-state index is 10.9. The Hall–Kier alpha value is -2.63. The molecular formula is C13H12N2O4. The van der Waals surface area contributed by atoms with Crippen molar-refractivity contribution in [3.63, 3.8) is 0 Å². The van der Waals surface area contributed by atoms with Gasteiger partial charge in [-0.2, -0.15) is 0 Å². The molecule has 98 valence electrons. The van der Waals surface area contributed by atoms with Crippen LogP contribution in [0.5, 0.6) is 11.5 Å². The number of methoxy groups -OCH3 is 2. The molecule has 0 saturated heterocycles. The standard InChI is InChI=1S/C13H12N2O4/c1-18-8-3-4-9(11(7-8)19-2)12-14-6-5-10(15-12)13(16)17/h3-7H,1-2H3,(H,16,17). The first-order chi connectivity index (χ1) is 9.15. The van der Waals surface area contributed by atoms with Crippen molar-refractivity contribution in [2.24, 2.45) is 0 Å². The lowest BCUT2D eigenvalue weighted by Gasteiger charge is -2.09. The molecule has 2 aromatic rings. The lowest BCUT2D eigenvalue weighted by Crippen LogP contribution is -2.03. The fraction of sp³-hybridized carbons (Fsp3) is 0.154. The number of hydrogen-bond acceptors (Lipinski definition) is 5. The van der Waals surface area contributed by atoms with Crippen molar-refractivity contribution in [3.8, 4) is 22.9 Å².